The second-order valence-corrected chi connectivity index (χ2v) is 4.95. The normalized spacial score (nSPS) is 18.7. The molecule has 96 valence electrons. The molecular formula is C13H23N3O. The van der Waals surface area contributed by atoms with Crippen LogP contribution in [0, 0.1) is 5.92 Å². The minimum absolute atomic E-state index is 0.182. The molecule has 0 saturated heterocycles. The van der Waals surface area contributed by atoms with E-state index in [2.05, 4.69) is 23.5 Å². The summed E-state index contributed by atoms with van der Waals surface area (Å²) in [6.07, 6.45) is 8.70. The van der Waals surface area contributed by atoms with Crippen molar-refractivity contribution in [2.24, 2.45) is 5.92 Å². The molecule has 1 aliphatic carbocycles. The maximum absolute atomic E-state index is 10.00. The average molecular weight is 237 g/mol. The first-order valence-corrected chi connectivity index (χ1v) is 6.69. The fourth-order valence-corrected chi connectivity index (χ4v) is 2.54. The molecular weight excluding hydrogens is 214 g/mol. The van der Waals surface area contributed by atoms with E-state index < -0.39 is 0 Å². The van der Waals surface area contributed by atoms with Gasteiger partial charge in [-0.3, -0.25) is 4.68 Å². The third-order valence-electron chi connectivity index (χ3n) is 3.64. The van der Waals surface area contributed by atoms with Crippen molar-refractivity contribution in [3.63, 3.8) is 0 Å². The van der Waals surface area contributed by atoms with Crippen molar-refractivity contribution in [3.8, 4) is 0 Å². The van der Waals surface area contributed by atoms with Crippen LogP contribution in [0.1, 0.15) is 38.2 Å². The van der Waals surface area contributed by atoms with E-state index >= 15 is 0 Å². The Morgan fingerprint density at radius 1 is 1.53 bits per heavy atom. The second-order valence-electron chi connectivity index (χ2n) is 4.95. The zero-order valence-corrected chi connectivity index (χ0v) is 10.6. The summed E-state index contributed by atoms with van der Waals surface area (Å²) in [4.78, 5) is 0. The Morgan fingerprint density at radius 3 is 2.94 bits per heavy atom. The molecule has 0 aromatic carbocycles. The van der Waals surface area contributed by atoms with Crippen molar-refractivity contribution in [2.45, 2.75) is 51.8 Å². The summed E-state index contributed by atoms with van der Waals surface area (Å²) in [5, 5.41) is 17.5. The molecule has 1 aromatic heterocycles. The molecule has 1 heterocycles. The van der Waals surface area contributed by atoms with Crippen molar-refractivity contribution >= 4 is 0 Å². The molecule has 1 aliphatic rings. The van der Waals surface area contributed by atoms with Crippen LogP contribution in [0.4, 0.5) is 0 Å². The summed E-state index contributed by atoms with van der Waals surface area (Å²) in [6.45, 7) is 4.48. The van der Waals surface area contributed by atoms with Crippen LogP contribution in [0.3, 0.4) is 0 Å². The van der Waals surface area contributed by atoms with Gasteiger partial charge in [0.25, 0.3) is 0 Å². The number of aliphatic hydroxyl groups is 1. The first-order valence-electron chi connectivity index (χ1n) is 6.69. The van der Waals surface area contributed by atoms with Gasteiger partial charge in [0.15, 0.2) is 0 Å². The molecule has 0 bridgehead atoms. The Balaban J connectivity index is 1.68. The SMILES string of the molecule is CCn1cc(CNCC(O)C2CCCC2)cn1. The zero-order chi connectivity index (χ0) is 12.1. The van der Waals surface area contributed by atoms with Crippen LogP contribution in [0.5, 0.6) is 0 Å². The van der Waals surface area contributed by atoms with Crippen LogP contribution in [-0.4, -0.2) is 27.5 Å². The van der Waals surface area contributed by atoms with E-state index in [9.17, 15) is 5.11 Å². The lowest BCUT2D eigenvalue weighted by Crippen LogP contribution is -2.31. The zero-order valence-electron chi connectivity index (χ0n) is 10.6. The quantitative estimate of drug-likeness (QED) is 0.789. The minimum Gasteiger partial charge on any atom is -0.392 e. The Kier molecular flexibility index (Phi) is 4.57. The first kappa shape index (κ1) is 12.6. The molecule has 0 amide bonds. The van der Waals surface area contributed by atoms with E-state index in [-0.39, 0.29) is 6.10 Å². The van der Waals surface area contributed by atoms with Gasteiger partial charge in [-0.1, -0.05) is 12.8 Å². The van der Waals surface area contributed by atoms with Crippen molar-refractivity contribution in [1.82, 2.24) is 15.1 Å². The van der Waals surface area contributed by atoms with Gasteiger partial charge in [-0.15, -0.1) is 0 Å². The Hall–Kier alpha value is -0.870. The number of nitrogens with zero attached hydrogens (tertiary/aromatic N) is 2. The predicted molar refractivity (Wildman–Crippen MR) is 67.6 cm³/mol. The van der Waals surface area contributed by atoms with Gasteiger partial charge in [0, 0.05) is 31.4 Å². The fourth-order valence-electron chi connectivity index (χ4n) is 2.54. The van der Waals surface area contributed by atoms with E-state index in [1.165, 1.54) is 31.2 Å². The summed E-state index contributed by atoms with van der Waals surface area (Å²) < 4.78 is 1.92. The van der Waals surface area contributed by atoms with E-state index in [1.807, 2.05) is 10.9 Å². The maximum atomic E-state index is 10.00. The van der Waals surface area contributed by atoms with Crippen LogP contribution in [-0.2, 0) is 13.1 Å². The molecule has 1 aromatic rings. The predicted octanol–water partition coefficient (Wildman–Crippen LogP) is 1.54. The standard InChI is InChI=1S/C13H23N3O/c1-2-16-10-11(8-15-16)7-14-9-13(17)12-5-3-4-6-12/h8,10,12-14,17H,2-7,9H2,1H3. The molecule has 0 radical (unpaired) electrons. The third kappa shape index (κ3) is 3.54. The summed E-state index contributed by atoms with van der Waals surface area (Å²) in [5.74, 6) is 0.515. The summed E-state index contributed by atoms with van der Waals surface area (Å²) >= 11 is 0. The molecule has 4 heteroatoms. The number of aryl methyl sites for hydroxylation is 1. The lowest BCUT2D eigenvalue weighted by molar-refractivity contribution is 0.109. The van der Waals surface area contributed by atoms with Gasteiger partial charge in [-0.2, -0.15) is 5.10 Å². The summed E-state index contributed by atoms with van der Waals surface area (Å²) in [5.41, 5.74) is 1.19. The lowest BCUT2D eigenvalue weighted by Gasteiger charge is -2.17. The van der Waals surface area contributed by atoms with E-state index in [0.29, 0.717) is 12.5 Å². The van der Waals surface area contributed by atoms with Crippen molar-refractivity contribution in [3.05, 3.63) is 18.0 Å². The van der Waals surface area contributed by atoms with Crippen LogP contribution in [0.2, 0.25) is 0 Å². The molecule has 0 spiro atoms. The average Bonchev–Trinajstić information content (AvgIpc) is 3.00. The maximum Gasteiger partial charge on any atom is 0.0692 e. The number of aromatic nitrogens is 2. The molecule has 1 saturated carbocycles. The fraction of sp³-hybridized carbons (Fsp3) is 0.769. The Bertz CT molecular complexity index is 331. The highest BCUT2D eigenvalue weighted by molar-refractivity contribution is 5.03. The van der Waals surface area contributed by atoms with Crippen LogP contribution < -0.4 is 5.32 Å². The van der Waals surface area contributed by atoms with E-state index in [0.717, 1.165) is 13.1 Å². The summed E-state index contributed by atoms with van der Waals surface area (Å²) in [6, 6.07) is 0. The number of aliphatic hydroxyl groups excluding tert-OH is 1. The number of rotatable bonds is 6. The second kappa shape index (κ2) is 6.17. The van der Waals surface area contributed by atoms with Gasteiger partial charge in [-0.05, 0) is 25.7 Å². The topological polar surface area (TPSA) is 50.1 Å². The van der Waals surface area contributed by atoms with E-state index in [4.69, 9.17) is 0 Å². The van der Waals surface area contributed by atoms with Crippen molar-refractivity contribution in [2.75, 3.05) is 6.54 Å². The van der Waals surface area contributed by atoms with Gasteiger partial charge in [0.1, 0.15) is 0 Å². The number of hydrogen-bond donors (Lipinski definition) is 2. The molecule has 0 aliphatic heterocycles. The van der Waals surface area contributed by atoms with Gasteiger partial charge in [0.2, 0.25) is 0 Å². The van der Waals surface area contributed by atoms with Gasteiger partial charge >= 0.3 is 0 Å². The largest absolute Gasteiger partial charge is 0.392 e. The highest BCUT2D eigenvalue weighted by atomic mass is 16.3. The minimum atomic E-state index is -0.182. The molecule has 1 fully saturated rings. The number of hydrogen-bond acceptors (Lipinski definition) is 3. The number of nitrogens with one attached hydrogen (secondary N) is 1. The molecule has 4 nitrogen and oxygen atoms in total. The lowest BCUT2D eigenvalue weighted by atomic mass is 10.0. The van der Waals surface area contributed by atoms with Crippen LogP contribution >= 0.6 is 0 Å². The Morgan fingerprint density at radius 2 is 2.29 bits per heavy atom. The smallest absolute Gasteiger partial charge is 0.0692 e. The van der Waals surface area contributed by atoms with Gasteiger partial charge < -0.3 is 10.4 Å². The molecule has 1 atom stereocenters. The highest BCUT2D eigenvalue weighted by Gasteiger charge is 2.22. The molecule has 2 rings (SSSR count). The Labute approximate surface area is 103 Å². The van der Waals surface area contributed by atoms with Gasteiger partial charge in [-0.25, -0.2) is 0 Å². The van der Waals surface area contributed by atoms with Crippen LogP contribution in [0.25, 0.3) is 0 Å². The summed E-state index contributed by atoms with van der Waals surface area (Å²) in [7, 11) is 0. The van der Waals surface area contributed by atoms with Gasteiger partial charge in [0.05, 0.1) is 12.3 Å². The third-order valence-corrected chi connectivity index (χ3v) is 3.64. The molecule has 1 unspecified atom stereocenters. The van der Waals surface area contributed by atoms with Crippen molar-refractivity contribution < 1.29 is 5.11 Å². The van der Waals surface area contributed by atoms with Crippen molar-refractivity contribution in [1.29, 1.82) is 0 Å². The molecule has 2 N–H and O–H groups in total. The highest BCUT2D eigenvalue weighted by Crippen LogP contribution is 2.27. The first-order chi connectivity index (χ1) is 8.29. The monoisotopic (exact) mass is 237 g/mol. The molecule has 17 heavy (non-hydrogen) atoms. The van der Waals surface area contributed by atoms with E-state index in [1.54, 1.807) is 0 Å². The van der Waals surface area contributed by atoms with Crippen LogP contribution in [0.15, 0.2) is 12.4 Å².